The van der Waals surface area contributed by atoms with Crippen molar-refractivity contribution < 1.29 is 22.8 Å². The summed E-state index contributed by atoms with van der Waals surface area (Å²) < 4.78 is 36.0. The minimum atomic E-state index is -4.77. The van der Waals surface area contributed by atoms with Crippen LogP contribution in [0.15, 0.2) is 42.5 Å². The number of ketones is 1. The van der Waals surface area contributed by atoms with Gasteiger partial charge < -0.3 is 5.32 Å². The van der Waals surface area contributed by atoms with Gasteiger partial charge in [0.1, 0.15) is 0 Å². The number of hydrogen-bond acceptors (Lipinski definition) is 3. The lowest BCUT2D eigenvalue weighted by Crippen LogP contribution is -2.24. The number of amides is 1. The van der Waals surface area contributed by atoms with E-state index in [0.717, 1.165) is 22.5 Å². The zero-order chi connectivity index (χ0) is 18.3. The predicted molar refractivity (Wildman–Crippen MR) is 94.5 cm³/mol. The van der Waals surface area contributed by atoms with Crippen LogP contribution >= 0.6 is 11.8 Å². The smallest absolute Gasteiger partial charge is 0.326 e. The molecule has 0 aliphatic heterocycles. The molecule has 3 nitrogen and oxygen atoms in total. The van der Waals surface area contributed by atoms with E-state index in [1.807, 2.05) is 42.5 Å². The minimum absolute atomic E-state index is 0.258. The summed E-state index contributed by atoms with van der Waals surface area (Å²) in [4.78, 5) is 22.5. The fourth-order valence-corrected chi connectivity index (χ4v) is 2.99. The van der Waals surface area contributed by atoms with Gasteiger partial charge in [-0.25, -0.2) is 0 Å². The van der Waals surface area contributed by atoms with Crippen LogP contribution in [0.1, 0.15) is 12.8 Å². The van der Waals surface area contributed by atoms with Crippen LogP contribution in [0.3, 0.4) is 0 Å². The van der Waals surface area contributed by atoms with Gasteiger partial charge in [0.05, 0.1) is 5.75 Å². The maximum absolute atomic E-state index is 12.0. The molecule has 1 radical (unpaired) electrons. The zero-order valence-corrected chi connectivity index (χ0v) is 14.1. The molecule has 0 saturated carbocycles. The van der Waals surface area contributed by atoms with Gasteiger partial charge >= 0.3 is 6.18 Å². The van der Waals surface area contributed by atoms with Crippen molar-refractivity contribution in [1.29, 1.82) is 0 Å². The first kappa shape index (κ1) is 19.3. The largest absolute Gasteiger partial charge is 0.450 e. The van der Waals surface area contributed by atoms with Crippen molar-refractivity contribution in [3.05, 3.63) is 48.9 Å². The second kappa shape index (κ2) is 8.89. The van der Waals surface area contributed by atoms with Gasteiger partial charge in [0, 0.05) is 12.1 Å². The zero-order valence-electron chi connectivity index (χ0n) is 13.3. The standard InChI is InChI=1S/C18H17F3NO2S/c19-18(20,21)16(23)12-25-10-4-3-7-17(24)22-15-9-8-13-5-1-2-6-14(13)11-15/h1-2,5-9,11H,3-4,10,12H2,(H,22,24). The van der Waals surface area contributed by atoms with Crippen LogP contribution < -0.4 is 5.32 Å². The van der Waals surface area contributed by atoms with E-state index in [2.05, 4.69) is 5.32 Å². The van der Waals surface area contributed by atoms with E-state index in [1.54, 1.807) is 0 Å². The average molecular weight is 368 g/mol. The molecule has 133 valence electrons. The molecule has 2 aromatic carbocycles. The Kier molecular flexibility index (Phi) is 6.87. The van der Waals surface area contributed by atoms with E-state index in [9.17, 15) is 22.8 Å². The number of anilines is 1. The number of thioether (sulfide) groups is 1. The molecule has 1 amide bonds. The molecule has 0 fully saturated rings. The Morgan fingerprint density at radius 3 is 2.52 bits per heavy atom. The van der Waals surface area contributed by atoms with Gasteiger partial charge in [-0.2, -0.15) is 24.9 Å². The summed E-state index contributed by atoms with van der Waals surface area (Å²) in [6.07, 6.45) is -2.34. The van der Waals surface area contributed by atoms with Crippen LogP contribution in [0.2, 0.25) is 0 Å². The number of alkyl halides is 3. The summed E-state index contributed by atoms with van der Waals surface area (Å²) in [7, 11) is 0. The first-order valence-electron chi connectivity index (χ1n) is 7.67. The monoisotopic (exact) mass is 368 g/mol. The van der Waals surface area contributed by atoms with Crippen LogP contribution in [-0.4, -0.2) is 29.4 Å². The molecular formula is C18H17F3NO2S. The highest BCUT2D eigenvalue weighted by molar-refractivity contribution is 7.99. The van der Waals surface area contributed by atoms with E-state index in [4.69, 9.17) is 0 Å². The number of carbonyl (C=O) groups excluding carboxylic acids is 2. The highest BCUT2D eigenvalue weighted by Crippen LogP contribution is 2.20. The number of benzene rings is 2. The molecule has 0 spiro atoms. The summed E-state index contributed by atoms with van der Waals surface area (Å²) >= 11 is 0.924. The lowest BCUT2D eigenvalue weighted by Gasteiger charge is -2.07. The molecule has 0 bridgehead atoms. The highest BCUT2D eigenvalue weighted by atomic mass is 32.2. The van der Waals surface area contributed by atoms with Crippen LogP contribution in [-0.2, 0) is 9.59 Å². The van der Waals surface area contributed by atoms with Gasteiger partial charge in [-0.05, 0) is 41.5 Å². The second-order valence-electron chi connectivity index (χ2n) is 5.37. The van der Waals surface area contributed by atoms with Crippen LogP contribution in [0.25, 0.3) is 10.8 Å². The summed E-state index contributed by atoms with van der Waals surface area (Å²) in [5, 5.41) is 4.86. The van der Waals surface area contributed by atoms with Crippen molar-refractivity contribution in [2.24, 2.45) is 0 Å². The fourth-order valence-electron chi connectivity index (χ4n) is 2.13. The van der Waals surface area contributed by atoms with Gasteiger partial charge in [0.25, 0.3) is 0 Å². The van der Waals surface area contributed by atoms with E-state index in [-0.39, 0.29) is 5.91 Å². The summed E-state index contributed by atoms with van der Waals surface area (Å²) in [5.41, 5.74) is 0.685. The third-order valence-corrected chi connectivity index (χ3v) is 4.43. The normalized spacial score (nSPS) is 11.5. The van der Waals surface area contributed by atoms with Gasteiger partial charge in [-0.15, -0.1) is 0 Å². The molecule has 2 rings (SSSR count). The minimum Gasteiger partial charge on any atom is -0.326 e. The van der Waals surface area contributed by atoms with Gasteiger partial charge in [-0.3, -0.25) is 9.59 Å². The summed E-state index contributed by atoms with van der Waals surface area (Å²) in [5.74, 6) is -2.17. The van der Waals surface area contributed by atoms with Crippen LogP contribution in [0, 0.1) is 6.42 Å². The molecular weight excluding hydrogens is 351 g/mol. The molecule has 7 heteroatoms. The predicted octanol–water partition coefficient (Wildman–Crippen LogP) is 4.63. The summed E-state index contributed by atoms with van der Waals surface area (Å²) in [6, 6.07) is 13.4. The van der Waals surface area contributed by atoms with Crippen molar-refractivity contribution >= 4 is 39.9 Å². The van der Waals surface area contributed by atoms with Gasteiger partial charge in [-0.1, -0.05) is 30.3 Å². The number of rotatable bonds is 8. The molecule has 0 unspecified atom stereocenters. The molecule has 0 aromatic heterocycles. The number of unbranched alkanes of at least 4 members (excludes halogenated alkanes) is 1. The molecule has 0 saturated heterocycles. The fraction of sp³-hybridized carbons (Fsp3) is 0.278. The first-order chi connectivity index (χ1) is 11.9. The maximum atomic E-state index is 12.0. The van der Waals surface area contributed by atoms with Gasteiger partial charge in [0.15, 0.2) is 0 Å². The quantitative estimate of drug-likeness (QED) is 0.691. The second-order valence-corrected chi connectivity index (χ2v) is 6.48. The number of halogens is 3. The SMILES string of the molecule is O=C([CH]CCCSCC(=O)C(F)(F)F)Nc1ccc2ccccc2c1. The van der Waals surface area contributed by atoms with E-state index in [1.165, 1.54) is 6.42 Å². The Balaban J connectivity index is 1.66. The molecule has 25 heavy (non-hydrogen) atoms. The number of carbonyl (C=O) groups is 2. The third kappa shape index (κ3) is 6.42. The Bertz CT molecular complexity index is 746. The Labute approximate surface area is 148 Å². The topological polar surface area (TPSA) is 46.2 Å². The molecule has 2 aromatic rings. The lowest BCUT2D eigenvalue weighted by atomic mass is 10.1. The Hall–Kier alpha value is -2.02. The molecule has 0 aliphatic rings. The lowest BCUT2D eigenvalue weighted by molar-refractivity contribution is -0.167. The number of nitrogens with one attached hydrogen (secondary N) is 1. The molecule has 0 aliphatic carbocycles. The molecule has 1 N–H and O–H groups in total. The van der Waals surface area contributed by atoms with Crippen LogP contribution in [0.5, 0.6) is 0 Å². The highest BCUT2D eigenvalue weighted by Gasteiger charge is 2.37. The van der Waals surface area contributed by atoms with Crippen molar-refractivity contribution in [2.75, 3.05) is 16.8 Å². The van der Waals surface area contributed by atoms with Crippen molar-refractivity contribution in [3.8, 4) is 0 Å². The van der Waals surface area contributed by atoms with Crippen molar-refractivity contribution in [2.45, 2.75) is 19.0 Å². The number of Topliss-reactive ketones (excluding diaryl/α,β-unsaturated/α-hetero) is 1. The number of fused-ring (bicyclic) bond motifs is 1. The third-order valence-electron chi connectivity index (χ3n) is 3.39. The van der Waals surface area contributed by atoms with E-state index >= 15 is 0 Å². The maximum Gasteiger partial charge on any atom is 0.450 e. The van der Waals surface area contributed by atoms with Crippen LogP contribution in [0.4, 0.5) is 18.9 Å². The average Bonchev–Trinajstić information content (AvgIpc) is 2.56. The van der Waals surface area contributed by atoms with E-state index in [0.29, 0.717) is 24.3 Å². The molecule has 0 heterocycles. The van der Waals surface area contributed by atoms with Crippen molar-refractivity contribution in [1.82, 2.24) is 0 Å². The first-order valence-corrected chi connectivity index (χ1v) is 8.82. The Morgan fingerprint density at radius 2 is 1.80 bits per heavy atom. The van der Waals surface area contributed by atoms with Gasteiger partial charge in [0.2, 0.25) is 11.7 Å². The summed E-state index contributed by atoms with van der Waals surface area (Å²) in [6.45, 7) is 0. The van der Waals surface area contributed by atoms with E-state index < -0.39 is 17.7 Å². The number of hydrogen-bond donors (Lipinski definition) is 1. The Morgan fingerprint density at radius 1 is 1.08 bits per heavy atom. The van der Waals surface area contributed by atoms with Crippen molar-refractivity contribution in [3.63, 3.8) is 0 Å². The molecule has 0 atom stereocenters.